The predicted molar refractivity (Wildman–Crippen MR) is 65.4 cm³/mol. The molecule has 92 valence electrons. The van der Waals surface area contributed by atoms with Crippen molar-refractivity contribution in [3.63, 3.8) is 0 Å². The van der Waals surface area contributed by atoms with E-state index in [-0.39, 0.29) is 17.9 Å². The Bertz CT molecular complexity index is 380. The zero-order valence-electron chi connectivity index (χ0n) is 9.75. The van der Waals surface area contributed by atoms with Gasteiger partial charge in [0, 0.05) is 19.6 Å². The molecule has 2 rings (SSSR count). The standard InChI is InChI=1S/C13H18N2O2/c14-8-12(10-4-2-1-3-5-10)13(17)15-7-6-11(16)9-15/h1-5,11-12,16H,6-9,14H2. The summed E-state index contributed by atoms with van der Waals surface area (Å²) in [5.41, 5.74) is 6.64. The Morgan fingerprint density at radius 1 is 1.47 bits per heavy atom. The van der Waals surface area contributed by atoms with Crippen molar-refractivity contribution in [2.45, 2.75) is 18.4 Å². The van der Waals surface area contributed by atoms with Crippen molar-refractivity contribution in [2.75, 3.05) is 19.6 Å². The number of aliphatic hydroxyl groups is 1. The van der Waals surface area contributed by atoms with Crippen molar-refractivity contribution >= 4 is 5.91 Å². The lowest BCUT2D eigenvalue weighted by atomic mass is 9.98. The van der Waals surface area contributed by atoms with Crippen molar-refractivity contribution in [3.05, 3.63) is 35.9 Å². The molecular weight excluding hydrogens is 216 g/mol. The van der Waals surface area contributed by atoms with Crippen LogP contribution in [0, 0.1) is 0 Å². The quantitative estimate of drug-likeness (QED) is 0.791. The zero-order valence-corrected chi connectivity index (χ0v) is 9.75. The third kappa shape index (κ3) is 2.65. The van der Waals surface area contributed by atoms with Gasteiger partial charge in [-0.05, 0) is 12.0 Å². The molecule has 4 nitrogen and oxygen atoms in total. The molecule has 1 aliphatic heterocycles. The van der Waals surface area contributed by atoms with Gasteiger partial charge in [-0.1, -0.05) is 30.3 Å². The summed E-state index contributed by atoms with van der Waals surface area (Å²) in [7, 11) is 0. The highest BCUT2D eigenvalue weighted by Crippen LogP contribution is 2.20. The van der Waals surface area contributed by atoms with E-state index in [1.54, 1.807) is 4.90 Å². The lowest BCUT2D eigenvalue weighted by Gasteiger charge is -2.22. The smallest absolute Gasteiger partial charge is 0.231 e. The van der Waals surface area contributed by atoms with E-state index in [1.807, 2.05) is 30.3 Å². The van der Waals surface area contributed by atoms with Crippen molar-refractivity contribution in [1.29, 1.82) is 0 Å². The minimum Gasteiger partial charge on any atom is -0.391 e. The number of nitrogens with two attached hydrogens (primary N) is 1. The van der Waals surface area contributed by atoms with Gasteiger partial charge in [0.1, 0.15) is 0 Å². The number of β-amino-alcohol motifs (C(OH)–C–C–N with tert-alkyl or cyclic N) is 1. The molecule has 0 bridgehead atoms. The Kier molecular flexibility index (Phi) is 3.76. The largest absolute Gasteiger partial charge is 0.391 e. The van der Waals surface area contributed by atoms with Crippen LogP contribution in [-0.4, -0.2) is 41.7 Å². The number of carbonyl (C=O) groups is 1. The fraction of sp³-hybridized carbons (Fsp3) is 0.462. The van der Waals surface area contributed by atoms with Gasteiger partial charge in [-0.3, -0.25) is 4.79 Å². The number of nitrogens with zero attached hydrogens (tertiary/aromatic N) is 1. The lowest BCUT2D eigenvalue weighted by Crippen LogP contribution is -2.36. The predicted octanol–water partition coefficient (Wildman–Crippen LogP) is 0.322. The Balaban J connectivity index is 2.11. The Morgan fingerprint density at radius 2 is 2.18 bits per heavy atom. The summed E-state index contributed by atoms with van der Waals surface area (Å²) in [6.07, 6.45) is 0.283. The molecule has 3 N–H and O–H groups in total. The molecule has 0 aliphatic carbocycles. The summed E-state index contributed by atoms with van der Waals surface area (Å²) in [5, 5.41) is 9.45. The minimum absolute atomic E-state index is 0.0234. The molecule has 1 amide bonds. The van der Waals surface area contributed by atoms with Crippen molar-refractivity contribution in [2.24, 2.45) is 5.73 Å². The topological polar surface area (TPSA) is 66.6 Å². The lowest BCUT2D eigenvalue weighted by molar-refractivity contribution is -0.131. The average molecular weight is 234 g/mol. The van der Waals surface area contributed by atoms with Gasteiger partial charge in [-0.15, -0.1) is 0 Å². The molecule has 0 radical (unpaired) electrons. The van der Waals surface area contributed by atoms with Gasteiger partial charge in [-0.25, -0.2) is 0 Å². The van der Waals surface area contributed by atoms with Crippen LogP contribution in [-0.2, 0) is 4.79 Å². The number of aliphatic hydroxyl groups excluding tert-OH is 1. The normalized spacial score (nSPS) is 21.5. The molecule has 1 aromatic carbocycles. The fourth-order valence-electron chi connectivity index (χ4n) is 2.23. The molecule has 1 heterocycles. The van der Waals surface area contributed by atoms with E-state index >= 15 is 0 Å². The second-order valence-electron chi connectivity index (χ2n) is 4.43. The van der Waals surface area contributed by atoms with Gasteiger partial charge in [-0.2, -0.15) is 0 Å². The van der Waals surface area contributed by atoms with Crippen LogP contribution in [0.2, 0.25) is 0 Å². The summed E-state index contributed by atoms with van der Waals surface area (Å²) in [6.45, 7) is 1.36. The number of hydrogen-bond acceptors (Lipinski definition) is 3. The van der Waals surface area contributed by atoms with E-state index in [1.165, 1.54) is 0 Å². The number of carbonyl (C=O) groups excluding carboxylic acids is 1. The van der Waals surface area contributed by atoms with E-state index in [2.05, 4.69) is 0 Å². The van der Waals surface area contributed by atoms with Gasteiger partial charge in [0.2, 0.25) is 5.91 Å². The first-order valence-corrected chi connectivity index (χ1v) is 5.94. The van der Waals surface area contributed by atoms with Crippen LogP contribution in [0.15, 0.2) is 30.3 Å². The van der Waals surface area contributed by atoms with Crippen LogP contribution < -0.4 is 5.73 Å². The van der Waals surface area contributed by atoms with E-state index in [9.17, 15) is 9.90 Å². The maximum Gasteiger partial charge on any atom is 0.231 e. The fourth-order valence-corrected chi connectivity index (χ4v) is 2.23. The molecule has 2 unspecified atom stereocenters. The number of benzene rings is 1. The molecule has 1 aliphatic rings. The van der Waals surface area contributed by atoms with Gasteiger partial charge < -0.3 is 15.7 Å². The first-order valence-electron chi connectivity index (χ1n) is 5.94. The highest BCUT2D eigenvalue weighted by Gasteiger charge is 2.29. The van der Waals surface area contributed by atoms with Crippen LogP contribution >= 0.6 is 0 Å². The zero-order chi connectivity index (χ0) is 12.3. The highest BCUT2D eigenvalue weighted by molar-refractivity contribution is 5.84. The first kappa shape index (κ1) is 12.1. The second kappa shape index (κ2) is 5.29. The summed E-state index contributed by atoms with van der Waals surface area (Å²) >= 11 is 0. The second-order valence-corrected chi connectivity index (χ2v) is 4.43. The van der Waals surface area contributed by atoms with Crippen LogP contribution in [0.3, 0.4) is 0 Å². The molecule has 4 heteroatoms. The number of amides is 1. The third-order valence-corrected chi connectivity index (χ3v) is 3.21. The molecule has 1 saturated heterocycles. The van der Waals surface area contributed by atoms with Crippen LogP contribution in [0.4, 0.5) is 0 Å². The third-order valence-electron chi connectivity index (χ3n) is 3.21. The van der Waals surface area contributed by atoms with Gasteiger partial charge in [0.05, 0.1) is 12.0 Å². The number of likely N-dealkylation sites (tertiary alicyclic amines) is 1. The van der Waals surface area contributed by atoms with Crippen LogP contribution in [0.25, 0.3) is 0 Å². The van der Waals surface area contributed by atoms with Crippen molar-refractivity contribution in [1.82, 2.24) is 4.90 Å². The average Bonchev–Trinajstić information content (AvgIpc) is 2.78. The summed E-state index contributed by atoms with van der Waals surface area (Å²) in [5.74, 6) is -0.267. The van der Waals surface area contributed by atoms with Crippen LogP contribution in [0.1, 0.15) is 17.9 Å². The molecule has 2 atom stereocenters. The Hall–Kier alpha value is -1.39. The summed E-state index contributed by atoms with van der Waals surface area (Å²) in [4.78, 5) is 14.0. The van der Waals surface area contributed by atoms with Crippen molar-refractivity contribution in [3.8, 4) is 0 Å². The molecule has 0 aromatic heterocycles. The van der Waals surface area contributed by atoms with Gasteiger partial charge in [0.15, 0.2) is 0 Å². The Morgan fingerprint density at radius 3 is 2.71 bits per heavy atom. The van der Waals surface area contributed by atoms with E-state index < -0.39 is 0 Å². The van der Waals surface area contributed by atoms with E-state index in [0.29, 0.717) is 26.1 Å². The highest BCUT2D eigenvalue weighted by atomic mass is 16.3. The van der Waals surface area contributed by atoms with Gasteiger partial charge in [0.25, 0.3) is 0 Å². The maximum atomic E-state index is 12.3. The maximum absolute atomic E-state index is 12.3. The molecule has 0 saturated carbocycles. The molecule has 17 heavy (non-hydrogen) atoms. The first-order chi connectivity index (χ1) is 8.22. The number of rotatable bonds is 3. The summed E-state index contributed by atoms with van der Waals surface area (Å²) in [6, 6.07) is 9.57. The minimum atomic E-state index is -0.381. The molecule has 1 aromatic rings. The van der Waals surface area contributed by atoms with Crippen molar-refractivity contribution < 1.29 is 9.90 Å². The number of hydrogen-bond donors (Lipinski definition) is 2. The SMILES string of the molecule is NCC(C(=O)N1CCC(O)C1)c1ccccc1. The van der Waals surface area contributed by atoms with E-state index in [0.717, 1.165) is 5.56 Å². The van der Waals surface area contributed by atoms with E-state index in [4.69, 9.17) is 5.73 Å². The summed E-state index contributed by atoms with van der Waals surface area (Å²) < 4.78 is 0. The van der Waals surface area contributed by atoms with Gasteiger partial charge >= 0.3 is 0 Å². The molecule has 0 spiro atoms. The molecule has 1 fully saturated rings. The Labute approximate surface area is 101 Å². The van der Waals surface area contributed by atoms with Crippen LogP contribution in [0.5, 0.6) is 0 Å². The molecular formula is C13H18N2O2. The monoisotopic (exact) mass is 234 g/mol.